The first-order valence-corrected chi connectivity index (χ1v) is 14.1. The van der Waals surface area contributed by atoms with E-state index >= 15 is 0 Å². The lowest BCUT2D eigenvalue weighted by atomic mass is 9.94. The minimum atomic E-state index is -0.823. The number of amides is 1. The lowest BCUT2D eigenvalue weighted by Gasteiger charge is -2.29. The number of Topliss-reactive ketones (excluding diaryl/α,β-unsaturated/α-hetero) is 1. The molecule has 0 bridgehead atoms. The standard InChI is InChI=1S/C33H33ClFN3O4/c1-32(2,3)42-31(41)38-33(4,5)21-9-11-22(12-10-21)37-28-23-14-19(20-15-25(34)30(40)26(35)16-20)8-13-27(23)36-17-24(28)29(39)18-6-7-18/h8-18,40H,6-7H2,1-5H3,(H,36,37)(H,38,41). The molecular formula is C33H33ClFN3O4. The second-order valence-corrected chi connectivity index (χ2v) is 12.6. The Hall–Kier alpha value is -4.17. The third-order valence-corrected chi connectivity index (χ3v) is 7.41. The van der Waals surface area contributed by atoms with Crippen LogP contribution in [-0.4, -0.2) is 27.6 Å². The minimum absolute atomic E-state index is 0.0235. The van der Waals surface area contributed by atoms with Crippen LogP contribution < -0.4 is 10.6 Å². The second-order valence-electron chi connectivity index (χ2n) is 12.2. The third-order valence-electron chi connectivity index (χ3n) is 7.12. The quantitative estimate of drug-likeness (QED) is 0.187. The van der Waals surface area contributed by atoms with E-state index < -0.39 is 28.8 Å². The maximum absolute atomic E-state index is 14.3. The Morgan fingerprint density at radius 2 is 1.69 bits per heavy atom. The number of nitrogens with zero attached hydrogens (tertiary/aromatic N) is 1. The van der Waals surface area contributed by atoms with Crippen LogP contribution in [0.15, 0.2) is 60.8 Å². The molecule has 7 nitrogen and oxygen atoms in total. The third kappa shape index (κ3) is 6.34. The van der Waals surface area contributed by atoms with E-state index in [1.807, 2.05) is 65.0 Å². The van der Waals surface area contributed by atoms with Crippen molar-refractivity contribution in [3.63, 3.8) is 0 Å². The molecule has 1 saturated carbocycles. The molecule has 42 heavy (non-hydrogen) atoms. The van der Waals surface area contributed by atoms with Gasteiger partial charge in [0.2, 0.25) is 0 Å². The zero-order chi connectivity index (χ0) is 30.4. The Morgan fingerprint density at radius 1 is 1.00 bits per heavy atom. The van der Waals surface area contributed by atoms with Crippen molar-refractivity contribution in [3.05, 3.63) is 82.8 Å². The van der Waals surface area contributed by atoms with Crippen molar-refractivity contribution in [2.24, 2.45) is 5.92 Å². The molecule has 0 atom stereocenters. The van der Waals surface area contributed by atoms with Crippen molar-refractivity contribution >= 4 is 45.8 Å². The fourth-order valence-corrected chi connectivity index (χ4v) is 4.94. The zero-order valence-electron chi connectivity index (χ0n) is 24.1. The summed E-state index contributed by atoms with van der Waals surface area (Å²) in [6.07, 6.45) is 2.78. The van der Waals surface area contributed by atoms with Crippen LogP contribution in [-0.2, 0) is 10.3 Å². The average Bonchev–Trinajstić information content (AvgIpc) is 3.76. The number of aromatic nitrogens is 1. The number of carbonyl (C=O) groups excluding carboxylic acids is 2. The monoisotopic (exact) mass is 589 g/mol. The number of rotatable bonds is 7. The number of aromatic hydroxyl groups is 1. The van der Waals surface area contributed by atoms with Crippen molar-refractivity contribution in [3.8, 4) is 16.9 Å². The van der Waals surface area contributed by atoms with Gasteiger partial charge in [-0.25, -0.2) is 9.18 Å². The number of benzene rings is 3. The smallest absolute Gasteiger partial charge is 0.408 e. The van der Waals surface area contributed by atoms with E-state index in [-0.39, 0.29) is 16.7 Å². The van der Waals surface area contributed by atoms with Crippen LogP contribution in [0.5, 0.6) is 5.75 Å². The van der Waals surface area contributed by atoms with E-state index in [1.54, 1.807) is 18.3 Å². The number of ketones is 1. The lowest BCUT2D eigenvalue weighted by molar-refractivity contribution is 0.0470. The number of nitrogens with one attached hydrogen (secondary N) is 2. The Kier molecular flexibility index (Phi) is 7.62. The summed E-state index contributed by atoms with van der Waals surface area (Å²) in [5.41, 5.74) is 3.14. The van der Waals surface area contributed by atoms with Gasteiger partial charge < -0.3 is 20.5 Å². The molecule has 1 aliphatic rings. The molecule has 1 fully saturated rings. The SMILES string of the molecule is CC(C)(C)OC(=O)NC(C)(C)c1ccc(Nc2c(C(=O)C3CC3)cnc3ccc(-c4cc(F)c(O)c(Cl)c4)cc23)cc1. The van der Waals surface area contributed by atoms with Crippen LogP contribution in [0.25, 0.3) is 22.0 Å². The van der Waals surface area contributed by atoms with Gasteiger partial charge in [-0.05, 0) is 101 Å². The molecular weight excluding hydrogens is 557 g/mol. The number of phenols is 1. The van der Waals surface area contributed by atoms with Crippen molar-refractivity contribution < 1.29 is 23.8 Å². The highest BCUT2D eigenvalue weighted by Crippen LogP contribution is 2.40. The molecule has 1 heterocycles. The first-order valence-electron chi connectivity index (χ1n) is 13.8. The Balaban J connectivity index is 1.51. The van der Waals surface area contributed by atoms with E-state index in [2.05, 4.69) is 15.6 Å². The summed E-state index contributed by atoms with van der Waals surface area (Å²) in [7, 11) is 0. The largest absolute Gasteiger partial charge is 0.504 e. The van der Waals surface area contributed by atoms with Crippen LogP contribution >= 0.6 is 11.6 Å². The molecule has 0 aliphatic heterocycles. The van der Waals surface area contributed by atoms with E-state index in [0.717, 1.165) is 24.1 Å². The Bertz CT molecular complexity index is 1670. The predicted molar refractivity (Wildman–Crippen MR) is 163 cm³/mol. The fourth-order valence-electron chi connectivity index (χ4n) is 4.74. The summed E-state index contributed by atoms with van der Waals surface area (Å²) >= 11 is 6.05. The number of phenolic OH excluding ortho intramolecular Hbond substituents is 1. The maximum Gasteiger partial charge on any atom is 0.408 e. The number of carbonyl (C=O) groups is 2. The summed E-state index contributed by atoms with van der Waals surface area (Å²) in [5.74, 6) is -1.43. The van der Waals surface area contributed by atoms with Gasteiger partial charge in [-0.15, -0.1) is 0 Å². The molecule has 5 rings (SSSR count). The number of ether oxygens (including phenoxy) is 1. The molecule has 4 aromatic rings. The molecule has 9 heteroatoms. The van der Waals surface area contributed by atoms with Gasteiger partial charge in [0.15, 0.2) is 17.3 Å². The van der Waals surface area contributed by atoms with Crippen LogP contribution in [0.1, 0.15) is 63.4 Å². The minimum Gasteiger partial charge on any atom is -0.504 e. The van der Waals surface area contributed by atoms with Crippen LogP contribution in [0, 0.1) is 11.7 Å². The highest BCUT2D eigenvalue weighted by molar-refractivity contribution is 6.32. The zero-order valence-corrected chi connectivity index (χ0v) is 24.9. The molecule has 1 aromatic heterocycles. The van der Waals surface area contributed by atoms with Crippen LogP contribution in [0.2, 0.25) is 5.02 Å². The van der Waals surface area contributed by atoms with Gasteiger partial charge in [-0.2, -0.15) is 0 Å². The molecule has 0 spiro atoms. The first-order chi connectivity index (χ1) is 19.7. The van der Waals surface area contributed by atoms with Gasteiger partial charge in [0.25, 0.3) is 0 Å². The van der Waals surface area contributed by atoms with E-state index in [0.29, 0.717) is 33.3 Å². The summed E-state index contributed by atoms with van der Waals surface area (Å²) in [4.78, 5) is 30.3. The van der Waals surface area contributed by atoms with Gasteiger partial charge in [0.05, 0.1) is 27.3 Å². The van der Waals surface area contributed by atoms with Gasteiger partial charge >= 0.3 is 6.09 Å². The molecule has 0 saturated heterocycles. The maximum atomic E-state index is 14.3. The summed E-state index contributed by atoms with van der Waals surface area (Å²) < 4.78 is 19.7. The molecule has 218 valence electrons. The number of pyridine rings is 1. The van der Waals surface area contributed by atoms with Crippen molar-refractivity contribution in [2.75, 3.05) is 5.32 Å². The predicted octanol–water partition coefficient (Wildman–Crippen LogP) is 8.50. The summed E-state index contributed by atoms with van der Waals surface area (Å²) in [5, 5.41) is 16.7. The highest BCUT2D eigenvalue weighted by atomic mass is 35.5. The molecule has 3 N–H and O–H groups in total. The Labute approximate surface area is 249 Å². The molecule has 0 radical (unpaired) electrons. The normalized spacial score (nSPS) is 13.6. The van der Waals surface area contributed by atoms with E-state index in [9.17, 15) is 19.1 Å². The number of halogens is 2. The lowest BCUT2D eigenvalue weighted by Crippen LogP contribution is -2.43. The molecule has 0 unspecified atom stereocenters. The van der Waals surface area contributed by atoms with Gasteiger partial charge in [-0.1, -0.05) is 29.8 Å². The van der Waals surface area contributed by atoms with Crippen molar-refractivity contribution in [1.82, 2.24) is 10.3 Å². The van der Waals surface area contributed by atoms with E-state index in [4.69, 9.17) is 16.3 Å². The summed E-state index contributed by atoms with van der Waals surface area (Å²) in [6.45, 7) is 9.22. The number of hydrogen-bond donors (Lipinski definition) is 3. The van der Waals surface area contributed by atoms with Crippen LogP contribution in [0.3, 0.4) is 0 Å². The second kappa shape index (κ2) is 10.9. The highest BCUT2D eigenvalue weighted by Gasteiger charge is 2.33. The van der Waals surface area contributed by atoms with Crippen molar-refractivity contribution in [2.45, 2.75) is 58.6 Å². The van der Waals surface area contributed by atoms with Gasteiger partial charge in [0.1, 0.15) is 5.60 Å². The molecule has 1 aliphatic carbocycles. The Morgan fingerprint density at radius 3 is 2.31 bits per heavy atom. The van der Waals surface area contributed by atoms with Crippen molar-refractivity contribution in [1.29, 1.82) is 0 Å². The van der Waals surface area contributed by atoms with Crippen LogP contribution in [0.4, 0.5) is 20.6 Å². The molecule has 3 aromatic carbocycles. The van der Waals surface area contributed by atoms with E-state index in [1.165, 1.54) is 12.1 Å². The summed E-state index contributed by atoms with van der Waals surface area (Å²) in [6, 6.07) is 15.7. The van der Waals surface area contributed by atoms with Gasteiger partial charge in [0, 0.05) is 23.2 Å². The number of anilines is 2. The van der Waals surface area contributed by atoms with Gasteiger partial charge in [-0.3, -0.25) is 9.78 Å². The molecule has 1 amide bonds. The number of hydrogen-bond acceptors (Lipinski definition) is 6. The fraction of sp³-hybridized carbons (Fsp3) is 0.303. The number of alkyl carbamates (subject to hydrolysis) is 1. The number of fused-ring (bicyclic) bond motifs is 1. The first kappa shape index (κ1) is 29.3. The average molecular weight is 590 g/mol. The topological polar surface area (TPSA) is 101 Å².